The van der Waals surface area contributed by atoms with Crippen molar-refractivity contribution in [3.05, 3.63) is 81.0 Å². The number of carbonyl (C=O) groups excluding carboxylic acids is 2. The summed E-state index contributed by atoms with van der Waals surface area (Å²) in [4.78, 5) is 35.9. The molecule has 7 heteroatoms. The van der Waals surface area contributed by atoms with Crippen molar-refractivity contribution >= 4 is 17.4 Å². The lowest BCUT2D eigenvalue weighted by Crippen LogP contribution is -2.38. The third-order valence-electron chi connectivity index (χ3n) is 5.61. The van der Waals surface area contributed by atoms with Crippen LogP contribution in [0, 0.1) is 10.1 Å². The Labute approximate surface area is 167 Å². The number of rotatable bonds is 4. The fourth-order valence-corrected chi connectivity index (χ4v) is 4.20. The van der Waals surface area contributed by atoms with Crippen LogP contribution in [0.5, 0.6) is 5.75 Å². The molecule has 1 heterocycles. The minimum Gasteiger partial charge on any atom is -0.497 e. The van der Waals surface area contributed by atoms with Gasteiger partial charge in [-0.05, 0) is 35.6 Å². The molecule has 4 rings (SSSR count). The predicted molar refractivity (Wildman–Crippen MR) is 106 cm³/mol. The van der Waals surface area contributed by atoms with Crippen LogP contribution in [0.2, 0.25) is 0 Å². The molecule has 2 unspecified atom stereocenters. The SMILES string of the molecule is COc1cccc(C2CC(=O)C3=C(C2)NC(=O)CC3c2ccc([N+](=O)[O-])cc2)c1. The van der Waals surface area contributed by atoms with Crippen LogP contribution in [0.4, 0.5) is 5.69 Å². The largest absolute Gasteiger partial charge is 0.497 e. The fourth-order valence-electron chi connectivity index (χ4n) is 4.20. The van der Waals surface area contributed by atoms with E-state index >= 15 is 0 Å². The highest BCUT2D eigenvalue weighted by atomic mass is 16.6. The number of nitrogens with zero attached hydrogens (tertiary/aromatic N) is 1. The molecule has 29 heavy (non-hydrogen) atoms. The second-order valence-electron chi connectivity index (χ2n) is 7.35. The minimum absolute atomic E-state index is 0.00224. The normalized spacial score (nSPS) is 21.4. The standard InChI is InChI=1S/C22H20N2O5/c1-29-17-4-2-3-14(9-17)15-10-19-22(20(25)11-15)18(12-21(26)23-19)13-5-7-16(8-6-13)24(27)28/h2-9,15,18H,10-12H2,1H3,(H,23,26). The van der Waals surface area contributed by atoms with Crippen LogP contribution in [-0.4, -0.2) is 23.7 Å². The van der Waals surface area contributed by atoms with E-state index in [1.54, 1.807) is 19.2 Å². The Kier molecular flexibility index (Phi) is 4.88. The van der Waals surface area contributed by atoms with Crippen LogP contribution in [-0.2, 0) is 9.59 Å². The molecule has 0 saturated carbocycles. The Morgan fingerprint density at radius 3 is 2.48 bits per heavy atom. The fraction of sp³-hybridized carbons (Fsp3) is 0.273. The minimum atomic E-state index is -0.466. The number of non-ortho nitro benzene ring substituents is 1. The second kappa shape index (κ2) is 7.50. The van der Waals surface area contributed by atoms with Crippen LogP contribution in [0.1, 0.15) is 42.2 Å². The van der Waals surface area contributed by atoms with Crippen molar-refractivity contribution in [1.29, 1.82) is 0 Å². The first-order chi connectivity index (χ1) is 14.0. The number of nitro benzene ring substituents is 1. The number of Topliss-reactive ketones (excluding diaryl/α,β-unsaturated/α-hetero) is 1. The maximum atomic E-state index is 13.1. The Bertz CT molecular complexity index is 1030. The lowest BCUT2D eigenvalue weighted by Gasteiger charge is -2.34. The van der Waals surface area contributed by atoms with Crippen LogP contribution >= 0.6 is 0 Å². The van der Waals surface area contributed by atoms with E-state index in [1.165, 1.54) is 12.1 Å². The number of allylic oxidation sites excluding steroid dienone is 2. The molecule has 148 valence electrons. The Balaban J connectivity index is 1.68. The zero-order chi connectivity index (χ0) is 20.5. The van der Waals surface area contributed by atoms with Crippen LogP contribution < -0.4 is 10.1 Å². The van der Waals surface area contributed by atoms with Crippen molar-refractivity contribution < 1.29 is 19.2 Å². The summed E-state index contributed by atoms with van der Waals surface area (Å²) < 4.78 is 5.28. The van der Waals surface area contributed by atoms with Crippen LogP contribution in [0.3, 0.4) is 0 Å². The molecule has 0 bridgehead atoms. The first-order valence-electron chi connectivity index (χ1n) is 9.40. The number of ether oxygens (including phenoxy) is 1. The molecule has 0 spiro atoms. The van der Waals surface area contributed by atoms with E-state index in [1.807, 2.05) is 24.3 Å². The van der Waals surface area contributed by atoms with E-state index in [2.05, 4.69) is 5.32 Å². The van der Waals surface area contributed by atoms with Gasteiger partial charge in [0.05, 0.1) is 12.0 Å². The van der Waals surface area contributed by atoms with E-state index in [0.29, 0.717) is 24.1 Å². The third-order valence-corrected chi connectivity index (χ3v) is 5.61. The first kappa shape index (κ1) is 18.9. The summed E-state index contributed by atoms with van der Waals surface area (Å²) in [5.74, 6) is 0.172. The summed E-state index contributed by atoms with van der Waals surface area (Å²) in [6, 6.07) is 13.7. The van der Waals surface area contributed by atoms with Crippen molar-refractivity contribution in [2.75, 3.05) is 7.11 Å². The maximum Gasteiger partial charge on any atom is 0.269 e. The summed E-state index contributed by atoms with van der Waals surface area (Å²) in [6.45, 7) is 0. The van der Waals surface area contributed by atoms with Gasteiger partial charge in [0.1, 0.15) is 5.75 Å². The molecule has 0 saturated heterocycles. The van der Waals surface area contributed by atoms with E-state index in [0.717, 1.165) is 16.9 Å². The summed E-state index contributed by atoms with van der Waals surface area (Å²) in [5.41, 5.74) is 3.00. The van der Waals surface area contributed by atoms with Gasteiger partial charge in [-0.3, -0.25) is 19.7 Å². The molecule has 0 radical (unpaired) electrons. The molecule has 0 aromatic heterocycles. The molecule has 7 nitrogen and oxygen atoms in total. The second-order valence-corrected chi connectivity index (χ2v) is 7.35. The molecule has 2 aliphatic rings. The van der Waals surface area contributed by atoms with E-state index in [4.69, 9.17) is 4.74 Å². The van der Waals surface area contributed by atoms with Gasteiger partial charge >= 0.3 is 0 Å². The topological polar surface area (TPSA) is 98.5 Å². The van der Waals surface area contributed by atoms with Gasteiger partial charge in [-0.15, -0.1) is 0 Å². The number of nitrogens with one attached hydrogen (secondary N) is 1. The number of carbonyl (C=O) groups is 2. The highest BCUT2D eigenvalue weighted by Crippen LogP contribution is 2.43. The lowest BCUT2D eigenvalue weighted by atomic mass is 9.73. The average molecular weight is 392 g/mol. The molecule has 0 fully saturated rings. The monoisotopic (exact) mass is 392 g/mol. The number of methoxy groups -OCH3 is 1. The van der Waals surface area contributed by atoms with Gasteiger partial charge < -0.3 is 10.1 Å². The summed E-state index contributed by atoms with van der Waals surface area (Å²) in [6.07, 6.45) is 1.07. The van der Waals surface area contributed by atoms with Gasteiger partial charge in [0.25, 0.3) is 5.69 Å². The number of hydrogen-bond acceptors (Lipinski definition) is 5. The maximum absolute atomic E-state index is 13.1. The van der Waals surface area contributed by atoms with Gasteiger partial charge in [0.2, 0.25) is 5.91 Å². The van der Waals surface area contributed by atoms with Crippen molar-refractivity contribution in [1.82, 2.24) is 5.32 Å². The van der Waals surface area contributed by atoms with E-state index < -0.39 is 4.92 Å². The van der Waals surface area contributed by atoms with Crippen molar-refractivity contribution in [3.63, 3.8) is 0 Å². The van der Waals surface area contributed by atoms with Crippen molar-refractivity contribution in [2.24, 2.45) is 0 Å². The third kappa shape index (κ3) is 3.63. The molecule has 1 N–H and O–H groups in total. The number of benzene rings is 2. The van der Waals surface area contributed by atoms with E-state index in [9.17, 15) is 19.7 Å². The van der Waals surface area contributed by atoms with Gasteiger partial charge in [-0.1, -0.05) is 24.3 Å². The van der Waals surface area contributed by atoms with Gasteiger partial charge in [-0.25, -0.2) is 0 Å². The van der Waals surface area contributed by atoms with E-state index in [-0.39, 0.29) is 35.6 Å². The summed E-state index contributed by atoms with van der Waals surface area (Å²) >= 11 is 0. The predicted octanol–water partition coefficient (Wildman–Crippen LogP) is 3.61. The highest BCUT2D eigenvalue weighted by Gasteiger charge is 2.38. The first-order valence-corrected chi connectivity index (χ1v) is 9.40. The molecule has 2 aromatic carbocycles. The Morgan fingerprint density at radius 1 is 1.03 bits per heavy atom. The number of nitro groups is 1. The molecule has 1 aliphatic heterocycles. The molecular weight excluding hydrogens is 372 g/mol. The van der Waals surface area contributed by atoms with Crippen LogP contribution in [0.25, 0.3) is 0 Å². The zero-order valence-corrected chi connectivity index (χ0v) is 15.9. The highest BCUT2D eigenvalue weighted by molar-refractivity contribution is 6.02. The Morgan fingerprint density at radius 2 is 1.79 bits per heavy atom. The molecule has 2 aromatic rings. The van der Waals surface area contributed by atoms with Gasteiger partial charge in [-0.2, -0.15) is 0 Å². The molecule has 2 atom stereocenters. The number of hydrogen-bond donors (Lipinski definition) is 1. The Hall–Kier alpha value is -3.48. The average Bonchev–Trinajstić information content (AvgIpc) is 2.72. The smallest absolute Gasteiger partial charge is 0.269 e. The zero-order valence-electron chi connectivity index (χ0n) is 15.9. The summed E-state index contributed by atoms with van der Waals surface area (Å²) in [7, 11) is 1.60. The number of ketones is 1. The molecule has 1 amide bonds. The number of amides is 1. The molecular formula is C22H20N2O5. The summed E-state index contributed by atoms with van der Waals surface area (Å²) in [5, 5.41) is 13.8. The quantitative estimate of drug-likeness (QED) is 0.633. The lowest BCUT2D eigenvalue weighted by molar-refractivity contribution is -0.384. The van der Waals surface area contributed by atoms with Crippen molar-refractivity contribution in [3.8, 4) is 5.75 Å². The van der Waals surface area contributed by atoms with Gasteiger partial charge in [0.15, 0.2) is 5.78 Å². The van der Waals surface area contributed by atoms with Crippen molar-refractivity contribution in [2.45, 2.75) is 31.1 Å². The van der Waals surface area contributed by atoms with Crippen LogP contribution in [0.15, 0.2) is 59.8 Å². The van der Waals surface area contributed by atoms with Gasteiger partial charge in [0, 0.05) is 42.2 Å². The molecule has 1 aliphatic carbocycles.